The molecule has 0 aliphatic carbocycles. The Balaban J connectivity index is 1.91. The second-order valence-corrected chi connectivity index (χ2v) is 7.09. The van der Waals surface area contributed by atoms with Crippen LogP contribution in [0, 0.1) is 5.41 Å². The van der Waals surface area contributed by atoms with Gasteiger partial charge in [0, 0.05) is 31.5 Å². The van der Waals surface area contributed by atoms with Crippen LogP contribution < -0.4 is 0 Å². The van der Waals surface area contributed by atoms with Crippen molar-refractivity contribution in [1.29, 1.82) is 0 Å². The number of carbonyl (C=O) groups is 2. The number of rotatable bonds is 6. The molecule has 0 aromatic carbocycles. The van der Waals surface area contributed by atoms with Crippen molar-refractivity contribution < 1.29 is 19.4 Å². The minimum Gasteiger partial charge on any atom is -0.481 e. The molecule has 1 aliphatic heterocycles. The van der Waals surface area contributed by atoms with Gasteiger partial charge >= 0.3 is 5.97 Å². The Kier molecular flexibility index (Phi) is 5.24. The summed E-state index contributed by atoms with van der Waals surface area (Å²) in [6.45, 7) is 0.826. The molecule has 1 atom stereocenters. The molecule has 1 fully saturated rings. The average molecular weight is 332 g/mol. The molecule has 2 heterocycles. The van der Waals surface area contributed by atoms with Gasteiger partial charge in [-0.2, -0.15) is 0 Å². The highest BCUT2D eigenvalue weighted by atomic mass is 35.5. The van der Waals surface area contributed by atoms with E-state index in [1.807, 2.05) is 12.1 Å². The molecule has 0 spiro atoms. The van der Waals surface area contributed by atoms with Gasteiger partial charge in [0.2, 0.25) is 5.91 Å². The number of halogens is 1. The van der Waals surface area contributed by atoms with Gasteiger partial charge in [0.25, 0.3) is 0 Å². The maximum Gasteiger partial charge on any atom is 0.313 e. The Morgan fingerprint density at radius 2 is 2.29 bits per heavy atom. The van der Waals surface area contributed by atoms with E-state index >= 15 is 0 Å². The first-order valence-corrected chi connectivity index (χ1v) is 7.90. The van der Waals surface area contributed by atoms with Gasteiger partial charge in [0.1, 0.15) is 5.41 Å². The minimum absolute atomic E-state index is 0.0150. The van der Waals surface area contributed by atoms with Crippen molar-refractivity contribution in [3.63, 3.8) is 0 Å². The van der Waals surface area contributed by atoms with Crippen LogP contribution in [0.1, 0.15) is 17.7 Å². The molecule has 116 valence electrons. The first-order valence-electron chi connectivity index (χ1n) is 6.71. The SMILES string of the molecule is COCC1(C(=O)O)CCN(C(=O)CCc2ccc(Cl)s2)C1. The number of aryl methyl sites for hydroxylation is 1. The van der Waals surface area contributed by atoms with Crippen molar-refractivity contribution in [2.75, 3.05) is 26.8 Å². The lowest BCUT2D eigenvalue weighted by atomic mass is 9.88. The van der Waals surface area contributed by atoms with Gasteiger partial charge in [0.15, 0.2) is 0 Å². The molecule has 5 nitrogen and oxygen atoms in total. The summed E-state index contributed by atoms with van der Waals surface area (Å²) in [5.74, 6) is -0.913. The molecule has 0 bridgehead atoms. The molecule has 21 heavy (non-hydrogen) atoms. The van der Waals surface area contributed by atoms with Crippen molar-refractivity contribution >= 4 is 34.8 Å². The minimum atomic E-state index is -0.962. The number of nitrogens with zero attached hydrogens (tertiary/aromatic N) is 1. The molecule has 1 aromatic rings. The van der Waals surface area contributed by atoms with Crippen LogP contribution in [0.15, 0.2) is 12.1 Å². The number of amides is 1. The van der Waals surface area contributed by atoms with Gasteiger partial charge in [-0.05, 0) is 25.0 Å². The van der Waals surface area contributed by atoms with Crippen LogP contribution in [0.4, 0.5) is 0 Å². The Labute approximate surface area is 132 Å². The fraction of sp³-hybridized carbons (Fsp3) is 0.571. The number of aliphatic carboxylic acids is 1. The predicted molar refractivity (Wildman–Crippen MR) is 80.8 cm³/mol. The van der Waals surface area contributed by atoms with Crippen LogP contribution in [-0.4, -0.2) is 48.7 Å². The molecule has 2 rings (SSSR count). The molecular formula is C14H18ClNO4S. The van der Waals surface area contributed by atoms with Crippen molar-refractivity contribution in [1.82, 2.24) is 4.90 Å². The van der Waals surface area contributed by atoms with E-state index in [0.29, 0.717) is 30.1 Å². The predicted octanol–water partition coefficient (Wildman–Crippen LogP) is 2.28. The van der Waals surface area contributed by atoms with E-state index in [4.69, 9.17) is 16.3 Å². The number of likely N-dealkylation sites (tertiary alicyclic amines) is 1. The summed E-state index contributed by atoms with van der Waals surface area (Å²) in [5, 5.41) is 9.37. The topological polar surface area (TPSA) is 66.8 Å². The number of carboxylic acid groups (broad SMARTS) is 1. The van der Waals surface area contributed by atoms with Gasteiger partial charge in [-0.3, -0.25) is 9.59 Å². The van der Waals surface area contributed by atoms with Crippen molar-refractivity contribution in [3.8, 4) is 0 Å². The zero-order valence-corrected chi connectivity index (χ0v) is 13.4. The summed E-state index contributed by atoms with van der Waals surface area (Å²) >= 11 is 7.32. The maximum absolute atomic E-state index is 12.2. The Morgan fingerprint density at radius 1 is 1.52 bits per heavy atom. The van der Waals surface area contributed by atoms with Gasteiger partial charge in [-0.1, -0.05) is 11.6 Å². The number of thiophene rings is 1. The molecule has 7 heteroatoms. The highest BCUT2D eigenvalue weighted by Crippen LogP contribution is 2.32. The zero-order chi connectivity index (χ0) is 15.5. The summed E-state index contributed by atoms with van der Waals surface area (Å²) in [4.78, 5) is 26.3. The number of carbonyl (C=O) groups excluding carboxylic acids is 1. The van der Waals surface area contributed by atoms with Crippen LogP contribution in [-0.2, 0) is 20.7 Å². The Morgan fingerprint density at radius 3 is 2.86 bits per heavy atom. The molecule has 1 amide bonds. The third kappa shape index (κ3) is 3.75. The van der Waals surface area contributed by atoms with Crippen LogP contribution >= 0.6 is 22.9 Å². The summed E-state index contributed by atoms with van der Waals surface area (Å²) in [6.07, 6.45) is 1.45. The monoisotopic (exact) mass is 331 g/mol. The fourth-order valence-corrected chi connectivity index (χ4v) is 3.68. The van der Waals surface area contributed by atoms with Crippen LogP contribution in [0.5, 0.6) is 0 Å². The van der Waals surface area contributed by atoms with E-state index in [0.717, 1.165) is 4.88 Å². The van der Waals surface area contributed by atoms with Crippen molar-refractivity contribution in [2.24, 2.45) is 5.41 Å². The smallest absolute Gasteiger partial charge is 0.313 e. The number of carboxylic acids is 1. The van der Waals surface area contributed by atoms with E-state index in [2.05, 4.69) is 0 Å². The summed E-state index contributed by atoms with van der Waals surface area (Å²) in [6, 6.07) is 3.73. The Bertz CT molecular complexity index is 533. The highest BCUT2D eigenvalue weighted by molar-refractivity contribution is 7.16. The maximum atomic E-state index is 12.2. The second-order valence-electron chi connectivity index (χ2n) is 5.29. The van der Waals surface area contributed by atoms with Gasteiger partial charge in [-0.15, -0.1) is 11.3 Å². The fourth-order valence-electron chi connectivity index (χ4n) is 2.59. The second kappa shape index (κ2) is 6.77. The van der Waals surface area contributed by atoms with Gasteiger partial charge < -0.3 is 14.7 Å². The van der Waals surface area contributed by atoms with E-state index in [1.165, 1.54) is 18.4 Å². The molecule has 0 saturated carbocycles. The third-order valence-corrected chi connectivity index (χ3v) is 5.09. The lowest BCUT2D eigenvalue weighted by Crippen LogP contribution is -2.40. The summed E-state index contributed by atoms with van der Waals surface area (Å²) in [7, 11) is 1.48. The van der Waals surface area contributed by atoms with E-state index in [9.17, 15) is 14.7 Å². The largest absolute Gasteiger partial charge is 0.481 e. The third-order valence-electron chi connectivity index (χ3n) is 3.79. The number of hydrogen-bond acceptors (Lipinski definition) is 4. The number of ether oxygens (including phenoxy) is 1. The Hall–Kier alpha value is -1.11. The normalized spacial score (nSPS) is 21.7. The standard InChI is InChI=1S/C14H18ClNO4S/c1-20-9-14(13(18)19)6-7-16(8-14)12(17)5-3-10-2-4-11(15)21-10/h2,4H,3,5-9H2,1H3,(H,18,19). The van der Waals surface area contributed by atoms with Gasteiger partial charge in [-0.25, -0.2) is 0 Å². The number of hydrogen-bond donors (Lipinski definition) is 1. The van der Waals surface area contributed by atoms with Crippen LogP contribution in [0.2, 0.25) is 4.34 Å². The van der Waals surface area contributed by atoms with E-state index in [1.54, 1.807) is 4.90 Å². The molecule has 0 radical (unpaired) electrons. The molecule has 1 aromatic heterocycles. The molecule has 1 unspecified atom stereocenters. The van der Waals surface area contributed by atoms with Crippen LogP contribution in [0.25, 0.3) is 0 Å². The quantitative estimate of drug-likeness (QED) is 0.868. The highest BCUT2D eigenvalue weighted by Gasteiger charge is 2.46. The van der Waals surface area contributed by atoms with Crippen LogP contribution in [0.3, 0.4) is 0 Å². The zero-order valence-electron chi connectivity index (χ0n) is 11.8. The number of methoxy groups -OCH3 is 1. The first-order chi connectivity index (χ1) is 9.97. The van der Waals surface area contributed by atoms with E-state index < -0.39 is 11.4 Å². The van der Waals surface area contributed by atoms with E-state index in [-0.39, 0.29) is 19.1 Å². The molecule has 1 saturated heterocycles. The van der Waals surface area contributed by atoms with Crippen molar-refractivity contribution in [2.45, 2.75) is 19.3 Å². The first kappa shape index (κ1) is 16.3. The lowest BCUT2D eigenvalue weighted by molar-refractivity contribution is -0.151. The molecule has 1 N–H and O–H groups in total. The summed E-state index contributed by atoms with van der Waals surface area (Å²) in [5.41, 5.74) is -0.962. The molecular weight excluding hydrogens is 314 g/mol. The van der Waals surface area contributed by atoms with Crippen molar-refractivity contribution in [3.05, 3.63) is 21.3 Å². The average Bonchev–Trinajstić information content (AvgIpc) is 3.04. The lowest BCUT2D eigenvalue weighted by Gasteiger charge is -2.23. The molecule has 1 aliphatic rings. The van der Waals surface area contributed by atoms with Gasteiger partial charge in [0.05, 0.1) is 10.9 Å². The summed E-state index contributed by atoms with van der Waals surface area (Å²) < 4.78 is 5.73.